The second kappa shape index (κ2) is 6.43. The Bertz CT molecular complexity index is 141. The first kappa shape index (κ1) is 9.31. The highest BCUT2D eigenvalue weighted by molar-refractivity contribution is 7.98. The van der Waals surface area contributed by atoms with E-state index in [4.69, 9.17) is 5.26 Å². The summed E-state index contributed by atoms with van der Waals surface area (Å²) in [5.74, 6) is 0.355. The van der Waals surface area contributed by atoms with Crippen molar-refractivity contribution in [3.05, 3.63) is 0 Å². The summed E-state index contributed by atoms with van der Waals surface area (Å²) in [6.07, 6.45) is 1.78. The van der Waals surface area contributed by atoms with Gasteiger partial charge in [-0.1, -0.05) is 0 Å². The largest absolute Gasteiger partial charge is 0.464 e. The van der Waals surface area contributed by atoms with Gasteiger partial charge in [0.25, 0.3) is 0 Å². The van der Waals surface area contributed by atoms with Gasteiger partial charge in [0.15, 0.2) is 0 Å². The summed E-state index contributed by atoms with van der Waals surface area (Å²) in [7, 11) is 0. The van der Waals surface area contributed by atoms with Crippen LogP contribution >= 0.6 is 11.8 Å². The van der Waals surface area contributed by atoms with Gasteiger partial charge in [-0.3, -0.25) is 4.79 Å². The predicted octanol–water partition coefficient (Wildman–Crippen LogP) is 0.806. The standard InChI is InChI=1S/C6H9NO2S/c1-10-5-4-9-6(8)2-3-7/h2,4-5H2,1H3. The number of hydrogen-bond donors (Lipinski definition) is 0. The highest BCUT2D eigenvalue weighted by atomic mass is 32.2. The van der Waals surface area contributed by atoms with Gasteiger partial charge in [0.2, 0.25) is 0 Å². The topological polar surface area (TPSA) is 50.1 Å². The fourth-order valence-corrected chi connectivity index (χ4v) is 0.604. The maximum absolute atomic E-state index is 10.5. The third kappa shape index (κ3) is 5.45. The second-order valence-corrected chi connectivity index (χ2v) is 2.53. The predicted molar refractivity (Wildman–Crippen MR) is 39.6 cm³/mol. The van der Waals surface area contributed by atoms with Gasteiger partial charge in [0, 0.05) is 5.75 Å². The van der Waals surface area contributed by atoms with Crippen molar-refractivity contribution >= 4 is 17.7 Å². The third-order valence-corrected chi connectivity index (χ3v) is 1.35. The zero-order chi connectivity index (χ0) is 7.82. The Balaban J connectivity index is 3.15. The summed E-state index contributed by atoms with van der Waals surface area (Å²) in [4.78, 5) is 10.5. The van der Waals surface area contributed by atoms with Crippen LogP contribution in [0.3, 0.4) is 0 Å². The van der Waals surface area contributed by atoms with Crippen molar-refractivity contribution in [1.29, 1.82) is 5.26 Å². The molecule has 0 saturated carbocycles. The minimum absolute atomic E-state index is 0.144. The van der Waals surface area contributed by atoms with Crippen LogP contribution < -0.4 is 0 Å². The third-order valence-electron chi connectivity index (χ3n) is 0.774. The lowest BCUT2D eigenvalue weighted by atomic mass is 10.5. The first-order valence-electron chi connectivity index (χ1n) is 2.82. The summed E-state index contributed by atoms with van der Waals surface area (Å²) < 4.78 is 4.64. The zero-order valence-corrected chi connectivity index (χ0v) is 6.61. The lowest BCUT2D eigenvalue weighted by Gasteiger charge is -1.98. The Morgan fingerprint density at radius 1 is 1.80 bits per heavy atom. The van der Waals surface area contributed by atoms with E-state index in [0.717, 1.165) is 5.75 Å². The van der Waals surface area contributed by atoms with Crippen molar-refractivity contribution in [2.24, 2.45) is 0 Å². The maximum Gasteiger partial charge on any atom is 0.320 e. The highest BCUT2D eigenvalue weighted by Gasteiger charge is 1.98. The van der Waals surface area contributed by atoms with Crippen molar-refractivity contribution in [3.63, 3.8) is 0 Å². The first-order chi connectivity index (χ1) is 4.81. The number of nitriles is 1. The number of thioether (sulfide) groups is 1. The summed E-state index contributed by atoms with van der Waals surface area (Å²) >= 11 is 1.60. The molecule has 4 heteroatoms. The fourth-order valence-electron chi connectivity index (χ4n) is 0.354. The van der Waals surface area contributed by atoms with E-state index in [1.165, 1.54) is 0 Å². The van der Waals surface area contributed by atoms with Crippen LogP contribution in [-0.4, -0.2) is 24.6 Å². The van der Waals surface area contributed by atoms with Gasteiger partial charge in [0.1, 0.15) is 13.0 Å². The number of carbonyl (C=O) groups excluding carboxylic acids is 1. The van der Waals surface area contributed by atoms with Gasteiger partial charge in [-0.05, 0) is 6.26 Å². The average Bonchev–Trinajstić information content (AvgIpc) is 1.89. The molecule has 0 aliphatic rings. The van der Waals surface area contributed by atoms with E-state index < -0.39 is 5.97 Å². The van der Waals surface area contributed by atoms with Crippen molar-refractivity contribution in [3.8, 4) is 6.07 Å². The van der Waals surface area contributed by atoms with E-state index in [2.05, 4.69) is 4.74 Å². The van der Waals surface area contributed by atoms with Gasteiger partial charge in [-0.25, -0.2) is 0 Å². The lowest BCUT2D eigenvalue weighted by molar-refractivity contribution is -0.141. The number of nitrogens with zero attached hydrogens (tertiary/aromatic N) is 1. The number of esters is 1. The van der Waals surface area contributed by atoms with Crippen LogP contribution in [0.4, 0.5) is 0 Å². The minimum Gasteiger partial charge on any atom is -0.464 e. The molecule has 0 fully saturated rings. The maximum atomic E-state index is 10.5. The van der Waals surface area contributed by atoms with E-state index in [1.807, 2.05) is 6.26 Å². The summed E-state index contributed by atoms with van der Waals surface area (Å²) in [6, 6.07) is 1.71. The molecular formula is C6H9NO2S. The SMILES string of the molecule is CSCCOC(=O)CC#N. The molecular weight excluding hydrogens is 150 g/mol. The summed E-state index contributed by atoms with van der Waals surface area (Å²) in [6.45, 7) is 0.404. The molecule has 0 aliphatic heterocycles. The van der Waals surface area contributed by atoms with Gasteiger partial charge in [0.05, 0.1) is 6.07 Å². The number of rotatable bonds is 4. The summed E-state index contributed by atoms with van der Waals surface area (Å²) in [5, 5.41) is 8.04. The van der Waals surface area contributed by atoms with Crippen LogP contribution in [0.15, 0.2) is 0 Å². The van der Waals surface area contributed by atoms with Crippen molar-refractivity contribution in [2.45, 2.75) is 6.42 Å². The molecule has 0 aliphatic carbocycles. The fraction of sp³-hybridized carbons (Fsp3) is 0.667. The molecule has 10 heavy (non-hydrogen) atoms. The highest BCUT2D eigenvalue weighted by Crippen LogP contribution is 1.92. The quantitative estimate of drug-likeness (QED) is 0.450. The van der Waals surface area contributed by atoms with Crippen molar-refractivity contribution < 1.29 is 9.53 Å². The molecule has 0 unspecified atom stereocenters. The van der Waals surface area contributed by atoms with Crippen LogP contribution in [0.2, 0.25) is 0 Å². The Labute approximate surface area is 64.4 Å². The van der Waals surface area contributed by atoms with E-state index in [-0.39, 0.29) is 6.42 Å². The summed E-state index contributed by atoms with van der Waals surface area (Å²) in [5.41, 5.74) is 0. The molecule has 0 N–H and O–H groups in total. The van der Waals surface area contributed by atoms with Crippen LogP contribution in [0.1, 0.15) is 6.42 Å². The minimum atomic E-state index is -0.434. The number of ether oxygens (including phenoxy) is 1. The Morgan fingerprint density at radius 3 is 3.00 bits per heavy atom. The van der Waals surface area contributed by atoms with Crippen LogP contribution in [0.5, 0.6) is 0 Å². The smallest absolute Gasteiger partial charge is 0.320 e. The molecule has 3 nitrogen and oxygen atoms in total. The Morgan fingerprint density at radius 2 is 2.50 bits per heavy atom. The molecule has 0 bridgehead atoms. The molecule has 0 spiro atoms. The molecule has 0 amide bonds. The van der Waals surface area contributed by atoms with Gasteiger partial charge in [-0.15, -0.1) is 0 Å². The normalized spacial score (nSPS) is 8.40. The molecule has 0 aromatic rings. The Hall–Kier alpha value is -0.690. The van der Waals surface area contributed by atoms with Crippen LogP contribution in [-0.2, 0) is 9.53 Å². The van der Waals surface area contributed by atoms with Crippen molar-refractivity contribution in [2.75, 3.05) is 18.6 Å². The van der Waals surface area contributed by atoms with Gasteiger partial charge < -0.3 is 4.74 Å². The molecule has 0 heterocycles. The van der Waals surface area contributed by atoms with Crippen molar-refractivity contribution in [1.82, 2.24) is 0 Å². The lowest BCUT2D eigenvalue weighted by Crippen LogP contribution is -2.05. The van der Waals surface area contributed by atoms with E-state index in [1.54, 1.807) is 17.8 Å². The molecule has 0 radical (unpaired) electrons. The van der Waals surface area contributed by atoms with Gasteiger partial charge in [-0.2, -0.15) is 17.0 Å². The molecule has 0 aromatic carbocycles. The average molecular weight is 159 g/mol. The first-order valence-corrected chi connectivity index (χ1v) is 4.22. The van der Waals surface area contributed by atoms with E-state index >= 15 is 0 Å². The molecule has 0 aromatic heterocycles. The van der Waals surface area contributed by atoms with E-state index in [9.17, 15) is 4.79 Å². The number of carbonyl (C=O) groups is 1. The van der Waals surface area contributed by atoms with Crippen LogP contribution in [0.25, 0.3) is 0 Å². The Kier molecular flexibility index (Phi) is 5.99. The molecule has 0 atom stereocenters. The monoisotopic (exact) mass is 159 g/mol. The molecule has 56 valence electrons. The zero-order valence-electron chi connectivity index (χ0n) is 5.79. The molecule has 0 saturated heterocycles. The van der Waals surface area contributed by atoms with Crippen LogP contribution in [0, 0.1) is 11.3 Å². The molecule has 0 rings (SSSR count). The second-order valence-electron chi connectivity index (χ2n) is 1.55. The van der Waals surface area contributed by atoms with Gasteiger partial charge >= 0.3 is 5.97 Å². The number of hydrogen-bond acceptors (Lipinski definition) is 4. The van der Waals surface area contributed by atoms with E-state index in [0.29, 0.717) is 6.61 Å².